The van der Waals surface area contributed by atoms with Crippen molar-refractivity contribution in [3.8, 4) is 34.8 Å². The van der Waals surface area contributed by atoms with Crippen molar-refractivity contribution in [2.45, 2.75) is 81.7 Å². The molecule has 6 heterocycles. The van der Waals surface area contributed by atoms with E-state index >= 15 is 0 Å². The van der Waals surface area contributed by atoms with Crippen LogP contribution >= 0.6 is 11.8 Å². The molecule has 6 aliphatic heterocycles. The molecular weight excluding hydrogens is 751 g/mol. The van der Waals surface area contributed by atoms with Crippen LogP contribution in [0.25, 0.3) is 6.08 Å². The summed E-state index contributed by atoms with van der Waals surface area (Å²) in [5.41, 5.74) is 4.23. The molecular formula is C42H45N5O9S. The molecule has 3 aromatic carbocycles. The average Bonchev–Trinajstić information content (AvgIpc) is 3.69. The molecule has 6 aliphatic rings. The Morgan fingerprint density at radius 3 is 2.47 bits per heavy atom. The van der Waals surface area contributed by atoms with Crippen molar-refractivity contribution in [3.63, 3.8) is 0 Å². The Balaban J connectivity index is 1.19. The molecule has 9 rings (SSSR count). The number of aryl methyl sites for hydroxylation is 1. The summed E-state index contributed by atoms with van der Waals surface area (Å²) < 4.78 is 18.0. The summed E-state index contributed by atoms with van der Waals surface area (Å²) in [6, 6.07) is 8.45. The smallest absolute Gasteiger partial charge is 0.329 e. The molecule has 0 aliphatic carbocycles. The number of nitriles is 1. The lowest BCUT2D eigenvalue weighted by molar-refractivity contribution is -0.152. The van der Waals surface area contributed by atoms with Crippen LogP contribution in [-0.4, -0.2) is 99.3 Å². The number of phenolic OH excluding ortho intramolecular Hbond substituents is 3. The summed E-state index contributed by atoms with van der Waals surface area (Å²) in [4.78, 5) is 45.0. The van der Waals surface area contributed by atoms with Gasteiger partial charge in [0.05, 0.1) is 23.4 Å². The highest BCUT2D eigenvalue weighted by atomic mass is 32.2. The van der Waals surface area contributed by atoms with Gasteiger partial charge in [-0.3, -0.25) is 19.4 Å². The van der Waals surface area contributed by atoms with Crippen molar-refractivity contribution in [1.29, 1.82) is 5.26 Å². The number of phenols is 3. The van der Waals surface area contributed by atoms with Gasteiger partial charge in [-0.15, -0.1) is 11.8 Å². The van der Waals surface area contributed by atoms with Gasteiger partial charge in [-0.2, -0.15) is 5.26 Å². The molecule has 3 aromatic rings. The maximum Gasteiger partial charge on any atom is 0.329 e. The van der Waals surface area contributed by atoms with Gasteiger partial charge in [0.2, 0.25) is 18.6 Å². The van der Waals surface area contributed by atoms with E-state index in [0.29, 0.717) is 45.7 Å². The maximum atomic E-state index is 14.0. The van der Waals surface area contributed by atoms with Crippen LogP contribution in [0.3, 0.4) is 0 Å². The van der Waals surface area contributed by atoms with Gasteiger partial charge in [0.1, 0.15) is 30.5 Å². The molecule has 0 radical (unpaired) electrons. The van der Waals surface area contributed by atoms with Gasteiger partial charge in [0.15, 0.2) is 23.0 Å². The van der Waals surface area contributed by atoms with E-state index in [1.807, 2.05) is 48.3 Å². The van der Waals surface area contributed by atoms with Gasteiger partial charge in [-0.05, 0) is 56.0 Å². The minimum absolute atomic E-state index is 0.0155. The van der Waals surface area contributed by atoms with Crippen LogP contribution in [0.1, 0.15) is 70.1 Å². The maximum absolute atomic E-state index is 14.0. The van der Waals surface area contributed by atoms with E-state index in [2.05, 4.69) is 21.6 Å². The van der Waals surface area contributed by atoms with E-state index in [1.54, 1.807) is 33.8 Å². The Kier molecular flexibility index (Phi) is 9.99. The Morgan fingerprint density at radius 1 is 1.02 bits per heavy atom. The van der Waals surface area contributed by atoms with Crippen molar-refractivity contribution in [1.82, 2.24) is 20.4 Å². The molecule has 15 heteroatoms. The van der Waals surface area contributed by atoms with Crippen LogP contribution in [-0.2, 0) is 25.5 Å². The van der Waals surface area contributed by atoms with Gasteiger partial charge in [-0.25, -0.2) is 4.79 Å². The minimum atomic E-state index is -1.16. The second kappa shape index (κ2) is 14.8. The number of nitrogens with one attached hydrogen (secondary N) is 2. The van der Waals surface area contributed by atoms with E-state index in [9.17, 15) is 35.0 Å². The Bertz CT molecular complexity index is 2230. The zero-order chi connectivity index (χ0) is 40.4. The first-order valence-electron chi connectivity index (χ1n) is 19.0. The molecule has 2 fully saturated rings. The van der Waals surface area contributed by atoms with Gasteiger partial charge in [0, 0.05) is 46.2 Å². The quantitative estimate of drug-likeness (QED) is 0.137. The number of ether oxygens (including phenoxy) is 3. The second-order valence-corrected chi connectivity index (χ2v) is 16.8. The summed E-state index contributed by atoms with van der Waals surface area (Å²) in [5.74, 6) is -1.81. The molecule has 8 atom stereocenters. The number of hydrogen-bond acceptors (Lipinski definition) is 13. The third-order valence-electron chi connectivity index (χ3n) is 12.0. The van der Waals surface area contributed by atoms with Crippen molar-refractivity contribution >= 4 is 35.6 Å². The SMILES string of the molecule is Cc1cc2c(c(O)c1O)[C@H]1C3[C@@H]4SC[C@H](NC(=O)C(NC(=O)/C=C/c5ccccc5)C(C)C)C(=O)OC[C@@H](c5c6c(c(C)c(O)c54)OCO6)N3[C@@H](C#N)[C@@H](C2)N1C. The van der Waals surface area contributed by atoms with Gasteiger partial charge in [-0.1, -0.05) is 50.2 Å². The molecule has 0 spiro atoms. The number of amides is 2. The number of esters is 1. The van der Waals surface area contributed by atoms with Crippen LogP contribution in [0.5, 0.6) is 28.7 Å². The second-order valence-electron chi connectivity index (χ2n) is 15.7. The van der Waals surface area contributed by atoms with Crippen LogP contribution < -0.4 is 20.1 Å². The number of likely N-dealkylation sites (N-methyl/N-ethyl adjacent to an activating group) is 1. The summed E-state index contributed by atoms with van der Waals surface area (Å²) in [6.07, 6.45) is 3.42. The lowest BCUT2D eigenvalue weighted by Gasteiger charge is -2.61. The number of rotatable bonds is 6. The number of nitrogens with zero attached hydrogens (tertiary/aromatic N) is 3. The van der Waals surface area contributed by atoms with Gasteiger partial charge >= 0.3 is 5.97 Å². The first-order chi connectivity index (χ1) is 27.3. The average molecular weight is 796 g/mol. The first kappa shape index (κ1) is 38.4. The summed E-state index contributed by atoms with van der Waals surface area (Å²) in [6.45, 7) is 6.69. The molecule has 298 valence electrons. The number of hydrogen-bond donors (Lipinski definition) is 5. The molecule has 0 saturated carbocycles. The third-order valence-corrected chi connectivity index (χ3v) is 13.4. The first-order valence-corrected chi connectivity index (χ1v) is 20.1. The van der Waals surface area contributed by atoms with E-state index in [4.69, 9.17) is 14.2 Å². The summed E-state index contributed by atoms with van der Waals surface area (Å²) in [7, 11) is 1.90. The number of carbonyl (C=O) groups excluding carboxylic acids is 3. The molecule has 2 saturated heterocycles. The zero-order valence-electron chi connectivity index (χ0n) is 32.2. The van der Waals surface area contributed by atoms with Crippen LogP contribution in [0.15, 0.2) is 42.5 Å². The molecule has 0 aromatic heterocycles. The highest BCUT2D eigenvalue weighted by molar-refractivity contribution is 7.99. The Hall–Kier alpha value is -5.43. The lowest BCUT2D eigenvalue weighted by Crippen LogP contribution is -2.69. The van der Waals surface area contributed by atoms with E-state index in [0.717, 1.165) is 11.1 Å². The van der Waals surface area contributed by atoms with Crippen molar-refractivity contribution in [3.05, 3.63) is 81.4 Å². The fourth-order valence-corrected chi connectivity index (χ4v) is 10.8. The minimum Gasteiger partial charge on any atom is -0.507 e. The van der Waals surface area contributed by atoms with Crippen LogP contribution in [0.4, 0.5) is 0 Å². The molecule has 2 amide bonds. The highest BCUT2D eigenvalue weighted by Crippen LogP contribution is 2.63. The molecule has 57 heavy (non-hydrogen) atoms. The largest absolute Gasteiger partial charge is 0.507 e. The Labute approximate surface area is 334 Å². The van der Waals surface area contributed by atoms with Gasteiger partial charge < -0.3 is 40.2 Å². The number of benzene rings is 3. The van der Waals surface area contributed by atoms with Crippen LogP contribution in [0.2, 0.25) is 0 Å². The van der Waals surface area contributed by atoms with E-state index in [-0.39, 0.29) is 48.4 Å². The monoisotopic (exact) mass is 795 g/mol. The lowest BCUT2D eigenvalue weighted by atomic mass is 9.71. The van der Waals surface area contributed by atoms with E-state index in [1.165, 1.54) is 17.8 Å². The van der Waals surface area contributed by atoms with Crippen molar-refractivity contribution in [2.75, 3.05) is 26.2 Å². The van der Waals surface area contributed by atoms with Crippen molar-refractivity contribution < 1.29 is 43.9 Å². The number of fused-ring (bicyclic) bond motifs is 10. The zero-order valence-corrected chi connectivity index (χ0v) is 33.0. The highest BCUT2D eigenvalue weighted by Gasteiger charge is 2.60. The van der Waals surface area contributed by atoms with Crippen molar-refractivity contribution in [2.24, 2.45) is 5.92 Å². The standard InChI is InChI=1S/C42H45N5O9S/c1-19(2)32(45-28(48)12-11-22-9-7-6-8-10-22)41(52)44-24-17-57-40-31-30(39-38(55-18-56-39)21(4)36(31)50)27(16-54-42(24)53)47-26(15-43)25-14-23-13-20(3)35(49)37(51)29(23)33(34(40)47)46(25)5/h6-13,19,24-27,32-34,40,49-51H,14,16-18H2,1-5H3,(H,44,52)(H,45,48)/b12-11+/t24-,25+,26-,27-,32?,33-,34?,40+/m0/s1. The fraction of sp³-hybridized carbons (Fsp3) is 0.429. The normalized spacial score (nSPS) is 26.8. The van der Waals surface area contributed by atoms with Crippen LogP contribution in [0, 0.1) is 31.1 Å². The topological polar surface area (TPSA) is 194 Å². The number of carbonyl (C=O) groups is 3. The third kappa shape index (κ3) is 6.30. The number of aromatic hydroxyl groups is 3. The predicted octanol–water partition coefficient (Wildman–Crippen LogP) is 4.05. The number of piperazine rings is 1. The van der Waals surface area contributed by atoms with Gasteiger partial charge in [0.25, 0.3) is 0 Å². The predicted molar refractivity (Wildman–Crippen MR) is 210 cm³/mol. The molecule has 4 bridgehead atoms. The molecule has 14 nitrogen and oxygen atoms in total. The Morgan fingerprint density at radius 2 is 1.75 bits per heavy atom. The molecule has 2 unspecified atom stereocenters. The number of thioether (sulfide) groups is 1. The molecule has 5 N–H and O–H groups in total. The summed E-state index contributed by atoms with van der Waals surface area (Å²) >= 11 is 1.30. The van der Waals surface area contributed by atoms with E-state index < -0.39 is 59.3 Å². The summed E-state index contributed by atoms with van der Waals surface area (Å²) in [5, 5.41) is 50.6. The fourth-order valence-electron chi connectivity index (χ4n) is 9.29.